The molecule has 0 atom stereocenters. The summed E-state index contributed by atoms with van der Waals surface area (Å²) in [7, 11) is 1.30. The van der Waals surface area contributed by atoms with Gasteiger partial charge in [-0.25, -0.2) is 10.2 Å². The number of anilines is 1. The molecular weight excluding hydrogens is 310 g/mol. The first kappa shape index (κ1) is 16.9. The Hall–Kier alpha value is -3.48. The van der Waals surface area contributed by atoms with E-state index in [0.717, 1.165) is 0 Å². The first-order valence-corrected chi connectivity index (χ1v) is 6.98. The Morgan fingerprint density at radius 2 is 1.62 bits per heavy atom. The van der Waals surface area contributed by atoms with Gasteiger partial charge in [0.25, 0.3) is 0 Å². The second kappa shape index (κ2) is 8.23. The van der Waals surface area contributed by atoms with Gasteiger partial charge in [0.2, 0.25) is 0 Å². The normalized spacial score (nSPS) is 10.2. The van der Waals surface area contributed by atoms with Gasteiger partial charge in [0, 0.05) is 5.69 Å². The van der Waals surface area contributed by atoms with Crippen LogP contribution in [0.2, 0.25) is 0 Å². The third-order valence-corrected chi connectivity index (χ3v) is 2.95. The smallest absolute Gasteiger partial charge is 0.337 e. The number of amides is 2. The van der Waals surface area contributed by atoms with Crippen molar-refractivity contribution < 1.29 is 19.1 Å². The number of hydrogen-bond acceptors (Lipinski definition) is 5. The molecule has 0 aliphatic heterocycles. The fourth-order valence-electron chi connectivity index (χ4n) is 1.75. The number of esters is 1. The van der Waals surface area contributed by atoms with E-state index in [2.05, 4.69) is 20.6 Å². The summed E-state index contributed by atoms with van der Waals surface area (Å²) in [5, 5.41) is 6.14. The molecule has 7 heteroatoms. The van der Waals surface area contributed by atoms with Crippen LogP contribution in [0.15, 0.2) is 59.7 Å². The van der Waals surface area contributed by atoms with Gasteiger partial charge in [-0.2, -0.15) is 5.10 Å². The Balaban J connectivity index is 1.87. The molecule has 0 aliphatic rings. The fourth-order valence-corrected chi connectivity index (χ4v) is 1.75. The van der Waals surface area contributed by atoms with Crippen LogP contribution in [0.4, 0.5) is 5.69 Å². The highest BCUT2D eigenvalue weighted by atomic mass is 16.5. The zero-order chi connectivity index (χ0) is 17.4. The lowest BCUT2D eigenvalue weighted by molar-refractivity contribution is -0.136. The van der Waals surface area contributed by atoms with Gasteiger partial charge in [-0.05, 0) is 29.8 Å². The molecule has 0 unspecified atom stereocenters. The summed E-state index contributed by atoms with van der Waals surface area (Å²) < 4.78 is 4.59. The van der Waals surface area contributed by atoms with Crippen molar-refractivity contribution in [1.29, 1.82) is 0 Å². The summed E-state index contributed by atoms with van der Waals surface area (Å²) in [6, 6.07) is 15.0. The number of methoxy groups -OCH3 is 1. The van der Waals surface area contributed by atoms with Crippen LogP contribution in [0.5, 0.6) is 0 Å². The molecule has 2 aromatic carbocycles. The van der Waals surface area contributed by atoms with Gasteiger partial charge < -0.3 is 10.1 Å². The molecule has 2 amide bonds. The summed E-state index contributed by atoms with van der Waals surface area (Å²) in [6.45, 7) is 0. The number of hydrazone groups is 1. The highest BCUT2D eigenvalue weighted by molar-refractivity contribution is 6.39. The molecule has 0 aliphatic carbocycles. The molecule has 2 aromatic rings. The number of benzene rings is 2. The first-order valence-electron chi connectivity index (χ1n) is 6.98. The second-order valence-corrected chi connectivity index (χ2v) is 4.63. The number of hydrogen-bond donors (Lipinski definition) is 2. The minimum absolute atomic E-state index is 0.404. The standard InChI is InChI=1S/C17H15N3O4/c1-24-17(23)13-9-7-12(8-10-13)11-18-20-16(22)15(21)19-14-5-3-2-4-6-14/h2-11H,1H3,(H,19,21)(H,20,22)/b18-11+. The minimum Gasteiger partial charge on any atom is -0.465 e. The Morgan fingerprint density at radius 3 is 2.25 bits per heavy atom. The Kier molecular flexibility index (Phi) is 5.79. The average molecular weight is 325 g/mol. The summed E-state index contributed by atoms with van der Waals surface area (Å²) in [4.78, 5) is 34.6. The fraction of sp³-hybridized carbons (Fsp3) is 0.0588. The van der Waals surface area contributed by atoms with Gasteiger partial charge in [-0.15, -0.1) is 0 Å². The molecule has 0 fully saturated rings. The van der Waals surface area contributed by atoms with Crippen molar-refractivity contribution in [2.75, 3.05) is 12.4 Å². The van der Waals surface area contributed by atoms with Crippen molar-refractivity contribution >= 4 is 29.7 Å². The van der Waals surface area contributed by atoms with E-state index in [1.54, 1.807) is 54.6 Å². The zero-order valence-electron chi connectivity index (χ0n) is 12.9. The van der Waals surface area contributed by atoms with Crippen molar-refractivity contribution in [2.45, 2.75) is 0 Å². The van der Waals surface area contributed by atoms with Crippen LogP contribution in [-0.4, -0.2) is 31.1 Å². The molecule has 0 aromatic heterocycles. The largest absolute Gasteiger partial charge is 0.465 e. The lowest BCUT2D eigenvalue weighted by atomic mass is 10.1. The Morgan fingerprint density at radius 1 is 0.958 bits per heavy atom. The quantitative estimate of drug-likeness (QED) is 0.386. The van der Waals surface area contributed by atoms with Gasteiger partial charge >= 0.3 is 17.8 Å². The number of carbonyl (C=O) groups is 3. The first-order chi connectivity index (χ1) is 11.6. The highest BCUT2D eigenvalue weighted by Crippen LogP contribution is 2.05. The molecule has 24 heavy (non-hydrogen) atoms. The lowest BCUT2D eigenvalue weighted by Crippen LogP contribution is -2.32. The molecular formula is C17H15N3O4. The monoisotopic (exact) mass is 325 g/mol. The van der Waals surface area contributed by atoms with Gasteiger partial charge in [0.15, 0.2) is 0 Å². The minimum atomic E-state index is -0.888. The van der Waals surface area contributed by atoms with E-state index in [1.165, 1.54) is 13.3 Å². The van der Waals surface area contributed by atoms with E-state index in [4.69, 9.17) is 0 Å². The number of nitrogens with one attached hydrogen (secondary N) is 2. The zero-order valence-corrected chi connectivity index (χ0v) is 12.9. The molecule has 0 saturated carbocycles. The third kappa shape index (κ3) is 4.77. The van der Waals surface area contributed by atoms with Crippen molar-refractivity contribution in [2.24, 2.45) is 5.10 Å². The number of carbonyl (C=O) groups excluding carboxylic acids is 3. The summed E-state index contributed by atoms with van der Waals surface area (Å²) in [5.74, 6) is -2.15. The molecule has 0 heterocycles. The average Bonchev–Trinajstić information content (AvgIpc) is 2.62. The number of ether oxygens (including phenoxy) is 1. The van der Waals surface area contributed by atoms with E-state index in [1.807, 2.05) is 0 Å². The van der Waals surface area contributed by atoms with Crippen molar-refractivity contribution in [1.82, 2.24) is 5.43 Å². The van der Waals surface area contributed by atoms with Crippen LogP contribution in [0.1, 0.15) is 15.9 Å². The van der Waals surface area contributed by atoms with Crippen LogP contribution < -0.4 is 10.7 Å². The third-order valence-electron chi connectivity index (χ3n) is 2.95. The Bertz CT molecular complexity index is 755. The maximum Gasteiger partial charge on any atom is 0.337 e. The molecule has 0 radical (unpaired) electrons. The van der Waals surface area contributed by atoms with E-state index < -0.39 is 17.8 Å². The lowest BCUT2D eigenvalue weighted by Gasteiger charge is -2.03. The van der Waals surface area contributed by atoms with Gasteiger partial charge in [0.05, 0.1) is 18.9 Å². The van der Waals surface area contributed by atoms with Crippen molar-refractivity contribution in [3.8, 4) is 0 Å². The second-order valence-electron chi connectivity index (χ2n) is 4.63. The molecule has 2 N–H and O–H groups in total. The van der Waals surface area contributed by atoms with Crippen LogP contribution in [0.3, 0.4) is 0 Å². The van der Waals surface area contributed by atoms with E-state index in [9.17, 15) is 14.4 Å². The Labute approximate surface area is 138 Å². The number of nitrogens with zero attached hydrogens (tertiary/aromatic N) is 1. The molecule has 0 spiro atoms. The van der Waals surface area contributed by atoms with E-state index >= 15 is 0 Å². The molecule has 0 saturated heterocycles. The van der Waals surface area contributed by atoms with Crippen LogP contribution in [-0.2, 0) is 14.3 Å². The predicted molar refractivity (Wildman–Crippen MR) is 88.6 cm³/mol. The highest BCUT2D eigenvalue weighted by Gasteiger charge is 2.12. The van der Waals surface area contributed by atoms with Crippen LogP contribution in [0.25, 0.3) is 0 Å². The maximum absolute atomic E-state index is 11.7. The van der Waals surface area contributed by atoms with Crippen molar-refractivity contribution in [3.05, 3.63) is 65.7 Å². The van der Waals surface area contributed by atoms with Crippen LogP contribution >= 0.6 is 0 Å². The molecule has 0 bridgehead atoms. The van der Waals surface area contributed by atoms with Gasteiger partial charge in [0.1, 0.15) is 0 Å². The summed E-state index contributed by atoms with van der Waals surface area (Å²) in [6.07, 6.45) is 1.36. The van der Waals surface area contributed by atoms with Crippen LogP contribution in [0, 0.1) is 0 Å². The number of rotatable bonds is 4. The number of para-hydroxylation sites is 1. The summed E-state index contributed by atoms with van der Waals surface area (Å²) in [5.41, 5.74) is 3.69. The van der Waals surface area contributed by atoms with Crippen molar-refractivity contribution in [3.63, 3.8) is 0 Å². The van der Waals surface area contributed by atoms with Gasteiger partial charge in [-0.3, -0.25) is 9.59 Å². The summed E-state index contributed by atoms with van der Waals surface area (Å²) >= 11 is 0. The molecule has 7 nitrogen and oxygen atoms in total. The van der Waals surface area contributed by atoms with E-state index in [-0.39, 0.29) is 0 Å². The van der Waals surface area contributed by atoms with E-state index in [0.29, 0.717) is 16.8 Å². The predicted octanol–water partition coefficient (Wildman–Crippen LogP) is 1.56. The molecule has 2 rings (SSSR count). The van der Waals surface area contributed by atoms with Gasteiger partial charge in [-0.1, -0.05) is 30.3 Å². The topological polar surface area (TPSA) is 96.9 Å². The molecule has 122 valence electrons. The SMILES string of the molecule is COC(=O)c1ccc(/C=N/NC(=O)C(=O)Nc2ccccc2)cc1. The maximum atomic E-state index is 11.7.